The van der Waals surface area contributed by atoms with Gasteiger partial charge < -0.3 is 15.5 Å². The second-order valence-electron chi connectivity index (χ2n) is 4.31. The first-order valence-electron chi connectivity index (χ1n) is 6.01. The molecule has 4 nitrogen and oxygen atoms in total. The lowest BCUT2D eigenvalue weighted by atomic mass is 9.76. The number of hydrogen-bond donors (Lipinski definition) is 2. The second kappa shape index (κ2) is 7.30. The Kier molecular flexibility index (Phi) is 6.03. The fraction of sp³-hybridized carbons (Fsp3) is 0.417. The summed E-state index contributed by atoms with van der Waals surface area (Å²) in [6.07, 6.45) is -3.72. The molecule has 0 aliphatic rings. The molecule has 3 N–H and O–H groups in total. The quantitative estimate of drug-likeness (QED) is 0.593. The van der Waals surface area contributed by atoms with Gasteiger partial charge in [0, 0.05) is 0 Å². The first kappa shape index (κ1) is 16.5. The van der Waals surface area contributed by atoms with Crippen molar-refractivity contribution in [2.75, 3.05) is 6.73 Å². The van der Waals surface area contributed by atoms with E-state index in [0.29, 0.717) is 12.0 Å². The zero-order chi connectivity index (χ0) is 15.2. The van der Waals surface area contributed by atoms with E-state index in [2.05, 4.69) is 0 Å². The molecule has 0 aromatic heterocycles. The number of rotatable bonds is 7. The first-order valence-corrected chi connectivity index (χ1v) is 6.01. The molecule has 0 saturated heterocycles. The molecular formula is C12H15BF3NO3. The smallest absolute Gasteiger partial charge is 0.416 e. The first-order chi connectivity index (χ1) is 9.34. The molecule has 0 fully saturated rings. The minimum atomic E-state index is -4.36. The van der Waals surface area contributed by atoms with E-state index < -0.39 is 23.5 Å². The van der Waals surface area contributed by atoms with E-state index in [-0.39, 0.29) is 20.6 Å². The van der Waals surface area contributed by atoms with Crippen molar-refractivity contribution in [2.24, 2.45) is 5.73 Å². The van der Waals surface area contributed by atoms with Crippen LogP contribution in [0.1, 0.15) is 17.5 Å². The summed E-state index contributed by atoms with van der Waals surface area (Å²) < 4.78 is 42.0. The Bertz CT molecular complexity index is 437. The van der Waals surface area contributed by atoms with Crippen LogP contribution in [0.25, 0.3) is 0 Å². The molecule has 0 aliphatic carbocycles. The summed E-state index contributed by atoms with van der Waals surface area (Å²) in [6.45, 7) is -0.0654. The monoisotopic (exact) mass is 289 g/mol. The van der Waals surface area contributed by atoms with Crippen molar-refractivity contribution in [1.29, 1.82) is 0 Å². The Hall–Kier alpha value is -1.54. The van der Waals surface area contributed by atoms with Crippen LogP contribution < -0.4 is 5.73 Å². The number of carboxylic acids is 1. The van der Waals surface area contributed by atoms with Gasteiger partial charge in [-0.05, 0) is 30.5 Å². The third-order valence-electron chi connectivity index (χ3n) is 2.85. The van der Waals surface area contributed by atoms with Crippen molar-refractivity contribution >= 4 is 13.5 Å². The Morgan fingerprint density at radius 1 is 1.35 bits per heavy atom. The maximum atomic E-state index is 12.4. The van der Waals surface area contributed by atoms with Crippen LogP contribution in [0, 0.1) is 0 Å². The number of aliphatic carboxylic acids is 1. The van der Waals surface area contributed by atoms with Crippen molar-refractivity contribution in [3.8, 4) is 0 Å². The second-order valence-corrected chi connectivity index (χ2v) is 4.31. The van der Waals surface area contributed by atoms with Gasteiger partial charge in [-0.15, -0.1) is 0 Å². The molecular weight excluding hydrogens is 274 g/mol. The van der Waals surface area contributed by atoms with Gasteiger partial charge >= 0.3 is 12.1 Å². The maximum absolute atomic E-state index is 12.4. The number of carbonyl (C=O) groups is 1. The highest BCUT2D eigenvalue weighted by Gasteiger charge is 2.30. The molecule has 0 aliphatic heterocycles. The maximum Gasteiger partial charge on any atom is 0.416 e. The number of hydrogen-bond acceptors (Lipinski definition) is 3. The van der Waals surface area contributed by atoms with Gasteiger partial charge in [0.25, 0.3) is 7.48 Å². The number of carboxylic acid groups (broad SMARTS) is 1. The van der Waals surface area contributed by atoms with Gasteiger partial charge in [-0.3, -0.25) is 4.79 Å². The molecule has 1 aromatic carbocycles. The highest BCUT2D eigenvalue weighted by Crippen LogP contribution is 2.29. The molecule has 0 amide bonds. The summed E-state index contributed by atoms with van der Waals surface area (Å²) >= 11 is 0. The van der Waals surface area contributed by atoms with Gasteiger partial charge in [0.1, 0.15) is 0 Å². The van der Waals surface area contributed by atoms with Gasteiger partial charge in [0.05, 0.1) is 18.1 Å². The van der Waals surface area contributed by atoms with Gasteiger partial charge in [0.2, 0.25) is 0 Å². The fourth-order valence-corrected chi connectivity index (χ4v) is 1.69. The lowest BCUT2D eigenvalue weighted by molar-refractivity contribution is -0.138. The highest BCUT2D eigenvalue weighted by atomic mass is 19.4. The summed E-state index contributed by atoms with van der Waals surface area (Å²) in [6, 6.07) is 4.68. The van der Waals surface area contributed by atoms with E-state index in [4.69, 9.17) is 15.5 Å². The Labute approximate surface area is 115 Å². The van der Waals surface area contributed by atoms with Crippen LogP contribution in [0.2, 0.25) is 5.82 Å². The predicted molar refractivity (Wildman–Crippen MR) is 68.4 cm³/mol. The van der Waals surface area contributed by atoms with E-state index in [1.165, 1.54) is 12.1 Å². The number of nitrogens with two attached hydrogens (primary N) is 1. The average Bonchev–Trinajstić information content (AvgIpc) is 2.38. The summed E-state index contributed by atoms with van der Waals surface area (Å²) in [4.78, 5) is 10.9. The minimum absolute atomic E-state index is 0.00747. The van der Waals surface area contributed by atoms with Crippen molar-refractivity contribution in [2.45, 2.75) is 24.8 Å². The van der Waals surface area contributed by atoms with Crippen LogP contribution in [0.3, 0.4) is 0 Å². The normalized spacial score (nSPS) is 13.0. The average molecular weight is 289 g/mol. The molecule has 1 atom stereocenters. The van der Waals surface area contributed by atoms with Crippen LogP contribution in [-0.4, -0.2) is 25.3 Å². The summed E-state index contributed by atoms with van der Waals surface area (Å²) in [5.74, 6) is -1.73. The van der Waals surface area contributed by atoms with Crippen LogP contribution in [0.5, 0.6) is 0 Å². The van der Waals surface area contributed by atoms with Crippen LogP contribution in [0.4, 0.5) is 13.2 Å². The van der Waals surface area contributed by atoms with E-state index in [1.54, 1.807) is 0 Å². The topological polar surface area (TPSA) is 72.5 Å². The van der Waals surface area contributed by atoms with Gasteiger partial charge in [0.15, 0.2) is 0 Å². The zero-order valence-electron chi connectivity index (χ0n) is 10.7. The third kappa shape index (κ3) is 5.22. The molecule has 110 valence electrons. The fourth-order valence-electron chi connectivity index (χ4n) is 1.69. The predicted octanol–water partition coefficient (Wildman–Crippen LogP) is 1.80. The molecule has 1 rings (SSSR count). The van der Waals surface area contributed by atoms with E-state index in [0.717, 1.165) is 12.1 Å². The highest BCUT2D eigenvalue weighted by molar-refractivity contribution is 6.36. The molecule has 0 heterocycles. The molecule has 0 bridgehead atoms. The van der Waals surface area contributed by atoms with Crippen molar-refractivity contribution < 1.29 is 27.7 Å². The Morgan fingerprint density at radius 2 is 1.95 bits per heavy atom. The lowest BCUT2D eigenvalue weighted by Crippen LogP contribution is -2.20. The SMILES string of the molecule is NCOB[C@H](CCc1ccc(C(F)(F)F)cc1)C(=O)O. The standard InChI is InChI=1S/C12H15BF3NO3/c14-12(15,16)9-4-1-8(2-5-9)3-6-10(11(18)19)13-20-7-17/h1-2,4-5,10,13H,3,6-7,17H2,(H,18,19)/t10-/m1/s1. The van der Waals surface area contributed by atoms with Gasteiger partial charge in [-0.25, -0.2) is 0 Å². The van der Waals surface area contributed by atoms with Gasteiger partial charge in [-0.1, -0.05) is 12.1 Å². The molecule has 20 heavy (non-hydrogen) atoms. The van der Waals surface area contributed by atoms with Crippen molar-refractivity contribution in [3.63, 3.8) is 0 Å². The Balaban J connectivity index is 2.58. The number of alkyl halides is 3. The summed E-state index contributed by atoms with van der Waals surface area (Å²) in [5, 5.41) is 8.96. The lowest BCUT2D eigenvalue weighted by Gasteiger charge is -2.11. The number of halogens is 3. The zero-order valence-corrected chi connectivity index (χ0v) is 10.7. The molecule has 0 saturated carbocycles. The number of benzene rings is 1. The third-order valence-corrected chi connectivity index (χ3v) is 2.85. The summed E-state index contributed by atoms with van der Waals surface area (Å²) in [5.41, 5.74) is 5.05. The minimum Gasteiger partial charge on any atom is -0.481 e. The molecule has 0 spiro atoms. The molecule has 0 radical (unpaired) electrons. The van der Waals surface area contributed by atoms with Crippen LogP contribution in [-0.2, 0) is 22.0 Å². The molecule has 1 aromatic rings. The Morgan fingerprint density at radius 3 is 2.40 bits per heavy atom. The molecule has 0 unspecified atom stereocenters. The largest absolute Gasteiger partial charge is 0.481 e. The van der Waals surface area contributed by atoms with Crippen LogP contribution in [0.15, 0.2) is 24.3 Å². The van der Waals surface area contributed by atoms with E-state index in [9.17, 15) is 18.0 Å². The summed E-state index contributed by atoms with van der Waals surface area (Å²) in [7, 11) is -0.00747. The number of aryl methyl sites for hydroxylation is 1. The van der Waals surface area contributed by atoms with Gasteiger partial charge in [-0.2, -0.15) is 13.2 Å². The van der Waals surface area contributed by atoms with Crippen LogP contribution >= 0.6 is 0 Å². The molecule has 8 heteroatoms. The van der Waals surface area contributed by atoms with Crippen molar-refractivity contribution in [3.05, 3.63) is 35.4 Å². The van der Waals surface area contributed by atoms with E-state index >= 15 is 0 Å². The van der Waals surface area contributed by atoms with Crippen molar-refractivity contribution in [1.82, 2.24) is 0 Å². The van der Waals surface area contributed by atoms with E-state index in [1.807, 2.05) is 0 Å².